The van der Waals surface area contributed by atoms with E-state index in [1.165, 1.54) is 4.68 Å². The van der Waals surface area contributed by atoms with Gasteiger partial charge in [-0.1, -0.05) is 16.8 Å². The molecule has 2 rings (SSSR count). The van der Waals surface area contributed by atoms with Crippen molar-refractivity contribution >= 4 is 23.2 Å². The van der Waals surface area contributed by atoms with Crippen molar-refractivity contribution in [2.75, 3.05) is 11.9 Å². The van der Waals surface area contributed by atoms with Crippen LogP contribution in [0.25, 0.3) is 0 Å². The number of nitrogens with two attached hydrogens (primary N) is 1. The van der Waals surface area contributed by atoms with Gasteiger partial charge in [0.25, 0.3) is 0 Å². The van der Waals surface area contributed by atoms with Crippen LogP contribution in [0.5, 0.6) is 5.75 Å². The van der Waals surface area contributed by atoms with Crippen LogP contribution in [-0.2, 0) is 17.9 Å². The zero-order valence-corrected chi connectivity index (χ0v) is 12.3. The molecular formula is C13H16ClN5O2. The van der Waals surface area contributed by atoms with Gasteiger partial charge in [-0.3, -0.25) is 4.79 Å². The Hall–Kier alpha value is -2.12. The molecule has 0 aliphatic heterocycles. The minimum absolute atomic E-state index is 0.0534. The highest BCUT2D eigenvalue weighted by Crippen LogP contribution is 2.27. The lowest BCUT2D eigenvalue weighted by Crippen LogP contribution is -2.19. The number of nitrogens with zero attached hydrogens (tertiary/aromatic N) is 3. The minimum atomic E-state index is -0.233. The van der Waals surface area contributed by atoms with Gasteiger partial charge in [0.1, 0.15) is 12.3 Å². The average Bonchev–Trinajstić information content (AvgIpc) is 2.89. The number of hydrogen-bond acceptors (Lipinski definition) is 5. The monoisotopic (exact) mass is 309 g/mol. The van der Waals surface area contributed by atoms with E-state index >= 15 is 0 Å². The highest BCUT2D eigenvalue weighted by atomic mass is 35.5. The van der Waals surface area contributed by atoms with Gasteiger partial charge in [0.05, 0.1) is 23.5 Å². The number of carbonyl (C=O) groups excluding carboxylic acids is 1. The van der Waals surface area contributed by atoms with Crippen molar-refractivity contribution in [3.8, 4) is 5.75 Å². The lowest BCUT2D eigenvalue weighted by atomic mass is 10.3. The van der Waals surface area contributed by atoms with Gasteiger partial charge in [-0.25, -0.2) is 4.68 Å². The van der Waals surface area contributed by atoms with Gasteiger partial charge in [-0.15, -0.1) is 5.10 Å². The highest BCUT2D eigenvalue weighted by Gasteiger charge is 2.08. The van der Waals surface area contributed by atoms with Crippen LogP contribution in [0.15, 0.2) is 24.4 Å². The third-order valence-electron chi connectivity index (χ3n) is 2.62. The fraction of sp³-hybridized carbons (Fsp3) is 0.308. The second-order valence-corrected chi connectivity index (χ2v) is 4.65. The summed E-state index contributed by atoms with van der Waals surface area (Å²) in [6, 6.07) is 5.07. The lowest BCUT2D eigenvalue weighted by Gasteiger charge is -2.09. The Labute approximate surface area is 127 Å². The summed E-state index contributed by atoms with van der Waals surface area (Å²) in [6.07, 6.45) is 1.63. The summed E-state index contributed by atoms with van der Waals surface area (Å²) in [5.74, 6) is 0.352. The molecular weight excluding hydrogens is 294 g/mol. The van der Waals surface area contributed by atoms with Crippen LogP contribution in [0.4, 0.5) is 5.69 Å². The molecule has 0 aliphatic rings. The molecule has 2 aromatic rings. The van der Waals surface area contributed by atoms with Gasteiger partial charge in [0, 0.05) is 12.2 Å². The van der Waals surface area contributed by atoms with E-state index in [9.17, 15) is 4.79 Å². The Morgan fingerprint density at radius 3 is 2.95 bits per heavy atom. The van der Waals surface area contributed by atoms with Crippen LogP contribution < -0.4 is 15.8 Å². The van der Waals surface area contributed by atoms with Crippen LogP contribution >= 0.6 is 11.6 Å². The first-order valence-electron chi connectivity index (χ1n) is 6.43. The molecule has 0 fully saturated rings. The third kappa shape index (κ3) is 4.17. The molecule has 8 heteroatoms. The molecule has 1 heterocycles. The van der Waals surface area contributed by atoms with Crippen molar-refractivity contribution in [3.63, 3.8) is 0 Å². The molecule has 7 nitrogen and oxygen atoms in total. The van der Waals surface area contributed by atoms with Crippen LogP contribution in [0, 0.1) is 0 Å². The molecule has 0 unspecified atom stereocenters. The van der Waals surface area contributed by atoms with Gasteiger partial charge in [-0.05, 0) is 25.1 Å². The summed E-state index contributed by atoms with van der Waals surface area (Å²) in [6.45, 7) is 2.74. The fourth-order valence-corrected chi connectivity index (χ4v) is 1.94. The van der Waals surface area contributed by atoms with Crippen molar-refractivity contribution in [1.29, 1.82) is 0 Å². The number of amides is 1. The maximum Gasteiger partial charge on any atom is 0.246 e. The van der Waals surface area contributed by atoms with Crippen LogP contribution in [0.2, 0.25) is 5.02 Å². The van der Waals surface area contributed by atoms with E-state index in [0.717, 1.165) is 0 Å². The maximum absolute atomic E-state index is 11.9. The quantitative estimate of drug-likeness (QED) is 0.841. The molecule has 1 aromatic heterocycles. The third-order valence-corrected chi connectivity index (χ3v) is 2.91. The first kappa shape index (κ1) is 15.3. The zero-order chi connectivity index (χ0) is 15.2. The lowest BCUT2D eigenvalue weighted by molar-refractivity contribution is -0.116. The van der Waals surface area contributed by atoms with E-state index in [1.807, 2.05) is 6.92 Å². The number of halogens is 1. The Balaban J connectivity index is 1.97. The van der Waals surface area contributed by atoms with E-state index in [2.05, 4.69) is 15.6 Å². The molecule has 0 atom stereocenters. The molecule has 0 radical (unpaired) electrons. The molecule has 0 aliphatic carbocycles. The van der Waals surface area contributed by atoms with Crippen molar-refractivity contribution < 1.29 is 9.53 Å². The first-order valence-corrected chi connectivity index (χ1v) is 6.81. The van der Waals surface area contributed by atoms with E-state index in [-0.39, 0.29) is 19.0 Å². The number of benzene rings is 1. The van der Waals surface area contributed by atoms with Crippen LogP contribution in [0.3, 0.4) is 0 Å². The standard InChI is InChI=1S/C13H16ClN5O2/c1-2-21-12-4-3-9(5-11(12)14)16-13(20)8-19-7-10(6-15)17-18-19/h3-5,7H,2,6,8,15H2,1H3,(H,16,20). The van der Waals surface area contributed by atoms with Gasteiger partial charge in [-0.2, -0.15) is 0 Å². The summed E-state index contributed by atoms with van der Waals surface area (Å²) >= 11 is 6.06. The molecule has 1 aromatic carbocycles. The Kier molecular flexibility index (Phi) is 5.13. The van der Waals surface area contributed by atoms with Crippen molar-refractivity contribution in [1.82, 2.24) is 15.0 Å². The average molecular weight is 310 g/mol. The van der Waals surface area contributed by atoms with Gasteiger partial charge in [0.2, 0.25) is 5.91 Å². The summed E-state index contributed by atoms with van der Waals surface area (Å²) in [7, 11) is 0. The van der Waals surface area contributed by atoms with Crippen molar-refractivity contribution in [2.24, 2.45) is 5.73 Å². The summed E-state index contributed by atoms with van der Waals surface area (Å²) < 4.78 is 6.75. The number of anilines is 1. The topological polar surface area (TPSA) is 95.1 Å². The molecule has 3 N–H and O–H groups in total. The van der Waals surface area contributed by atoms with Crippen molar-refractivity contribution in [3.05, 3.63) is 35.1 Å². The highest BCUT2D eigenvalue weighted by molar-refractivity contribution is 6.32. The second-order valence-electron chi connectivity index (χ2n) is 4.24. The molecule has 1 amide bonds. The number of rotatable bonds is 6. The van der Waals surface area contributed by atoms with E-state index in [1.54, 1.807) is 24.4 Å². The van der Waals surface area contributed by atoms with Gasteiger partial charge in [0.15, 0.2) is 0 Å². The maximum atomic E-state index is 11.9. The molecule has 0 saturated carbocycles. The van der Waals surface area contributed by atoms with Gasteiger partial charge >= 0.3 is 0 Å². The number of hydrogen-bond donors (Lipinski definition) is 2. The number of aromatic nitrogens is 3. The van der Waals surface area contributed by atoms with Gasteiger partial charge < -0.3 is 15.8 Å². The van der Waals surface area contributed by atoms with E-state index < -0.39 is 0 Å². The molecule has 0 spiro atoms. The molecule has 21 heavy (non-hydrogen) atoms. The molecule has 112 valence electrons. The largest absolute Gasteiger partial charge is 0.492 e. The Morgan fingerprint density at radius 1 is 1.52 bits per heavy atom. The second kappa shape index (κ2) is 7.05. The normalized spacial score (nSPS) is 10.4. The summed E-state index contributed by atoms with van der Waals surface area (Å²) in [5, 5.41) is 10.8. The fourth-order valence-electron chi connectivity index (χ4n) is 1.71. The number of nitrogens with one attached hydrogen (secondary N) is 1. The summed E-state index contributed by atoms with van der Waals surface area (Å²) in [5.41, 5.74) is 6.65. The number of ether oxygens (including phenoxy) is 1. The molecule has 0 saturated heterocycles. The van der Waals surface area contributed by atoms with Crippen LogP contribution in [-0.4, -0.2) is 27.5 Å². The predicted molar refractivity (Wildman–Crippen MR) is 79.2 cm³/mol. The smallest absolute Gasteiger partial charge is 0.246 e. The Bertz CT molecular complexity index is 629. The zero-order valence-electron chi connectivity index (χ0n) is 11.5. The number of carbonyl (C=O) groups is 1. The van der Waals surface area contributed by atoms with Crippen LogP contribution in [0.1, 0.15) is 12.6 Å². The Morgan fingerprint density at radius 2 is 2.33 bits per heavy atom. The van der Waals surface area contributed by atoms with E-state index in [4.69, 9.17) is 22.1 Å². The van der Waals surface area contributed by atoms with Crippen molar-refractivity contribution in [2.45, 2.75) is 20.0 Å². The molecule has 0 bridgehead atoms. The summed E-state index contributed by atoms with van der Waals surface area (Å²) in [4.78, 5) is 11.9. The van der Waals surface area contributed by atoms with E-state index in [0.29, 0.717) is 28.8 Å². The first-order chi connectivity index (χ1) is 10.1. The minimum Gasteiger partial charge on any atom is -0.492 e. The SMILES string of the molecule is CCOc1ccc(NC(=O)Cn2cc(CN)nn2)cc1Cl. The predicted octanol–water partition coefficient (Wildman–Crippen LogP) is 1.43.